The lowest BCUT2D eigenvalue weighted by atomic mass is 10.2. The van der Waals surface area contributed by atoms with Gasteiger partial charge in [-0.25, -0.2) is 4.98 Å². The number of oxazole rings is 1. The molecule has 2 heterocycles. The van der Waals surface area contributed by atoms with E-state index in [0.29, 0.717) is 5.89 Å². The Bertz CT molecular complexity index is 569. The molecule has 0 saturated carbocycles. The normalized spacial score (nSPS) is 10.5. The maximum atomic E-state index is 5.71. The first-order valence-corrected chi connectivity index (χ1v) is 5.86. The number of rotatable bonds is 2. The summed E-state index contributed by atoms with van der Waals surface area (Å²) in [4.78, 5) is 5.34. The quantitative estimate of drug-likeness (QED) is 0.659. The Morgan fingerprint density at radius 1 is 1.00 bits per heavy atom. The largest absolute Gasteiger partial charge is 0.435 e. The zero-order chi connectivity index (χ0) is 10.8. The fourth-order valence-electron chi connectivity index (χ4n) is 1.52. The number of nitrogens with zero attached hydrogens (tertiary/aromatic N) is 1. The molecule has 0 N–H and O–H groups in total. The molecule has 0 saturated heterocycles. The van der Waals surface area contributed by atoms with Crippen molar-refractivity contribution in [3.05, 3.63) is 54.0 Å². The third-order valence-corrected chi connectivity index (χ3v) is 3.15. The van der Waals surface area contributed by atoms with Crippen LogP contribution in [0.25, 0.3) is 22.1 Å². The van der Waals surface area contributed by atoms with Crippen LogP contribution in [0.1, 0.15) is 0 Å². The highest BCUT2D eigenvalue weighted by atomic mass is 32.1. The standard InChI is InChI=1S/C13H9NOS/c1-2-5-10(6-3-1)11-9-14-13(15-11)12-7-4-8-16-12/h1-9H. The maximum absolute atomic E-state index is 5.71. The molecule has 3 rings (SSSR count). The first kappa shape index (κ1) is 9.36. The molecule has 3 aromatic rings. The average Bonchev–Trinajstić information content (AvgIpc) is 3.01. The second-order valence-electron chi connectivity index (χ2n) is 3.37. The highest BCUT2D eigenvalue weighted by molar-refractivity contribution is 7.13. The number of aromatic nitrogens is 1. The Hall–Kier alpha value is -1.87. The molecule has 0 aliphatic heterocycles. The second-order valence-corrected chi connectivity index (χ2v) is 4.32. The lowest BCUT2D eigenvalue weighted by molar-refractivity contribution is 0.590. The Morgan fingerprint density at radius 2 is 1.88 bits per heavy atom. The van der Waals surface area contributed by atoms with Gasteiger partial charge in [-0.05, 0) is 11.4 Å². The van der Waals surface area contributed by atoms with Gasteiger partial charge in [0.25, 0.3) is 0 Å². The molecular weight excluding hydrogens is 218 g/mol. The molecular formula is C13H9NOS. The van der Waals surface area contributed by atoms with Crippen molar-refractivity contribution in [3.8, 4) is 22.1 Å². The average molecular weight is 227 g/mol. The summed E-state index contributed by atoms with van der Waals surface area (Å²) in [6.45, 7) is 0. The fourth-order valence-corrected chi connectivity index (χ4v) is 2.18. The predicted molar refractivity (Wildman–Crippen MR) is 65.3 cm³/mol. The molecule has 16 heavy (non-hydrogen) atoms. The zero-order valence-electron chi connectivity index (χ0n) is 8.46. The van der Waals surface area contributed by atoms with Gasteiger partial charge >= 0.3 is 0 Å². The van der Waals surface area contributed by atoms with Crippen molar-refractivity contribution in [1.29, 1.82) is 0 Å². The van der Waals surface area contributed by atoms with Gasteiger partial charge in [0.2, 0.25) is 5.89 Å². The van der Waals surface area contributed by atoms with E-state index in [4.69, 9.17) is 4.42 Å². The molecule has 0 fully saturated rings. The highest BCUT2D eigenvalue weighted by Crippen LogP contribution is 2.28. The first-order chi connectivity index (χ1) is 7.93. The van der Waals surface area contributed by atoms with Gasteiger partial charge in [0.15, 0.2) is 5.76 Å². The predicted octanol–water partition coefficient (Wildman–Crippen LogP) is 4.07. The monoisotopic (exact) mass is 227 g/mol. The van der Waals surface area contributed by atoms with E-state index in [1.807, 2.05) is 47.8 Å². The van der Waals surface area contributed by atoms with Crippen molar-refractivity contribution in [2.45, 2.75) is 0 Å². The third kappa shape index (κ3) is 1.66. The van der Waals surface area contributed by atoms with Gasteiger partial charge in [-0.15, -0.1) is 11.3 Å². The molecule has 0 atom stereocenters. The van der Waals surface area contributed by atoms with Crippen LogP contribution in [0.15, 0.2) is 58.5 Å². The molecule has 0 unspecified atom stereocenters. The molecule has 0 aliphatic rings. The van der Waals surface area contributed by atoms with E-state index in [-0.39, 0.29) is 0 Å². The second kappa shape index (κ2) is 3.94. The molecule has 3 heteroatoms. The number of hydrogen-bond acceptors (Lipinski definition) is 3. The van der Waals surface area contributed by atoms with E-state index in [2.05, 4.69) is 4.98 Å². The molecule has 0 bridgehead atoms. The van der Waals surface area contributed by atoms with Crippen LogP contribution in [0.4, 0.5) is 0 Å². The van der Waals surface area contributed by atoms with Gasteiger partial charge < -0.3 is 4.42 Å². The SMILES string of the molecule is c1ccc(-c2cnc(-c3cccs3)o2)cc1. The highest BCUT2D eigenvalue weighted by Gasteiger charge is 2.08. The van der Waals surface area contributed by atoms with E-state index in [0.717, 1.165) is 16.2 Å². The summed E-state index contributed by atoms with van der Waals surface area (Å²) >= 11 is 1.63. The molecule has 0 amide bonds. The summed E-state index contributed by atoms with van der Waals surface area (Å²) in [5.41, 5.74) is 1.05. The summed E-state index contributed by atoms with van der Waals surface area (Å²) in [5, 5.41) is 2.02. The van der Waals surface area contributed by atoms with Crippen molar-refractivity contribution < 1.29 is 4.42 Å². The van der Waals surface area contributed by atoms with Crippen LogP contribution in [-0.2, 0) is 0 Å². The number of benzene rings is 1. The Balaban J connectivity index is 2.00. The van der Waals surface area contributed by atoms with Gasteiger partial charge in [0.1, 0.15) is 0 Å². The van der Waals surface area contributed by atoms with Gasteiger partial charge in [-0.2, -0.15) is 0 Å². The molecule has 0 aliphatic carbocycles. The topological polar surface area (TPSA) is 26.0 Å². The third-order valence-electron chi connectivity index (χ3n) is 2.30. The minimum Gasteiger partial charge on any atom is -0.435 e. The summed E-state index contributed by atoms with van der Waals surface area (Å²) in [6, 6.07) is 14.0. The molecule has 1 aromatic carbocycles. The summed E-state index contributed by atoms with van der Waals surface area (Å²) in [7, 11) is 0. The molecule has 0 spiro atoms. The van der Waals surface area contributed by atoms with E-state index in [1.54, 1.807) is 17.5 Å². The van der Waals surface area contributed by atoms with Gasteiger partial charge in [0.05, 0.1) is 11.1 Å². The van der Waals surface area contributed by atoms with Gasteiger partial charge in [0, 0.05) is 5.56 Å². The molecule has 0 radical (unpaired) electrons. The Kier molecular flexibility index (Phi) is 2.31. The summed E-state index contributed by atoms with van der Waals surface area (Å²) in [5.74, 6) is 1.50. The van der Waals surface area contributed by atoms with Crippen LogP contribution in [0, 0.1) is 0 Å². The van der Waals surface area contributed by atoms with E-state index < -0.39 is 0 Å². The van der Waals surface area contributed by atoms with Crippen molar-refractivity contribution in [1.82, 2.24) is 4.98 Å². The first-order valence-electron chi connectivity index (χ1n) is 4.98. The molecule has 2 nitrogen and oxygen atoms in total. The molecule has 2 aromatic heterocycles. The number of thiophene rings is 1. The smallest absolute Gasteiger partial charge is 0.236 e. The van der Waals surface area contributed by atoms with Crippen LogP contribution in [0.2, 0.25) is 0 Å². The van der Waals surface area contributed by atoms with Crippen molar-refractivity contribution in [2.24, 2.45) is 0 Å². The summed E-state index contributed by atoms with van der Waals surface area (Å²) in [6.07, 6.45) is 1.77. The Labute approximate surface area is 97.2 Å². The van der Waals surface area contributed by atoms with E-state index >= 15 is 0 Å². The van der Waals surface area contributed by atoms with Crippen molar-refractivity contribution >= 4 is 11.3 Å². The zero-order valence-corrected chi connectivity index (χ0v) is 9.28. The summed E-state index contributed by atoms with van der Waals surface area (Å²) < 4.78 is 5.71. The number of hydrogen-bond donors (Lipinski definition) is 0. The Morgan fingerprint density at radius 3 is 2.62 bits per heavy atom. The van der Waals surface area contributed by atoms with Crippen molar-refractivity contribution in [2.75, 3.05) is 0 Å². The minimum absolute atomic E-state index is 0.689. The fraction of sp³-hybridized carbons (Fsp3) is 0. The maximum Gasteiger partial charge on any atom is 0.236 e. The van der Waals surface area contributed by atoms with Gasteiger partial charge in [-0.1, -0.05) is 36.4 Å². The van der Waals surface area contributed by atoms with Crippen LogP contribution < -0.4 is 0 Å². The van der Waals surface area contributed by atoms with Gasteiger partial charge in [-0.3, -0.25) is 0 Å². The van der Waals surface area contributed by atoms with Crippen LogP contribution in [0.5, 0.6) is 0 Å². The lowest BCUT2D eigenvalue weighted by Crippen LogP contribution is -1.70. The van der Waals surface area contributed by atoms with Crippen LogP contribution in [0.3, 0.4) is 0 Å². The lowest BCUT2D eigenvalue weighted by Gasteiger charge is -1.93. The van der Waals surface area contributed by atoms with Crippen LogP contribution >= 0.6 is 11.3 Å². The van der Waals surface area contributed by atoms with E-state index in [9.17, 15) is 0 Å². The van der Waals surface area contributed by atoms with Crippen LogP contribution in [-0.4, -0.2) is 4.98 Å². The van der Waals surface area contributed by atoms with E-state index in [1.165, 1.54) is 0 Å². The van der Waals surface area contributed by atoms with Crippen molar-refractivity contribution in [3.63, 3.8) is 0 Å². The minimum atomic E-state index is 0.689. The molecule has 78 valence electrons.